The molecule has 1 amide bonds. The van der Waals surface area contributed by atoms with Gasteiger partial charge in [0.25, 0.3) is 5.91 Å². The van der Waals surface area contributed by atoms with Crippen LogP contribution in [0, 0.1) is 5.82 Å². The van der Waals surface area contributed by atoms with Crippen molar-refractivity contribution < 1.29 is 13.9 Å². The second kappa shape index (κ2) is 7.73. The van der Waals surface area contributed by atoms with Gasteiger partial charge in [-0.25, -0.2) is 4.39 Å². The number of carbonyl (C=O) groups is 1. The lowest BCUT2D eigenvalue weighted by Crippen LogP contribution is -2.43. The van der Waals surface area contributed by atoms with E-state index in [1.165, 1.54) is 12.1 Å². The molecule has 4 nitrogen and oxygen atoms in total. The Kier molecular flexibility index (Phi) is 5.96. The van der Waals surface area contributed by atoms with Crippen molar-refractivity contribution in [3.63, 3.8) is 0 Å². The number of methoxy groups -OCH3 is 1. The predicted octanol–water partition coefficient (Wildman–Crippen LogP) is 2.32. The van der Waals surface area contributed by atoms with Crippen molar-refractivity contribution in [1.29, 1.82) is 0 Å². The van der Waals surface area contributed by atoms with Gasteiger partial charge >= 0.3 is 0 Å². The van der Waals surface area contributed by atoms with E-state index in [1.807, 2.05) is 0 Å². The van der Waals surface area contributed by atoms with Crippen LogP contribution in [-0.2, 0) is 4.74 Å². The van der Waals surface area contributed by atoms with Gasteiger partial charge in [0.15, 0.2) is 5.82 Å². The maximum absolute atomic E-state index is 14.0. The van der Waals surface area contributed by atoms with Crippen LogP contribution >= 0.6 is 11.6 Å². The molecule has 1 unspecified atom stereocenters. The highest BCUT2D eigenvalue weighted by atomic mass is 35.5. The Morgan fingerprint density at radius 3 is 3.05 bits per heavy atom. The molecule has 1 N–H and O–H groups in total. The van der Waals surface area contributed by atoms with Crippen LogP contribution in [0.5, 0.6) is 0 Å². The van der Waals surface area contributed by atoms with Crippen LogP contribution in [0.4, 0.5) is 4.39 Å². The fourth-order valence-corrected chi connectivity index (χ4v) is 2.67. The molecular weight excluding hydrogens is 295 g/mol. The first-order valence-corrected chi connectivity index (χ1v) is 7.47. The van der Waals surface area contributed by atoms with Crippen LogP contribution in [-0.4, -0.2) is 50.2 Å². The molecule has 6 heteroatoms. The van der Waals surface area contributed by atoms with Crippen molar-refractivity contribution in [3.05, 3.63) is 34.6 Å². The minimum absolute atomic E-state index is 0.0107. The summed E-state index contributed by atoms with van der Waals surface area (Å²) in [6.07, 6.45) is 2.12. The minimum atomic E-state index is -0.661. The summed E-state index contributed by atoms with van der Waals surface area (Å²) in [5.41, 5.74) is 0.0107. The molecule has 1 fully saturated rings. The van der Waals surface area contributed by atoms with E-state index in [9.17, 15) is 9.18 Å². The third kappa shape index (κ3) is 4.15. The Bertz CT molecular complexity index is 493. The zero-order valence-electron chi connectivity index (χ0n) is 12.1. The summed E-state index contributed by atoms with van der Waals surface area (Å²) < 4.78 is 19.1. The fraction of sp³-hybridized carbons (Fsp3) is 0.533. The van der Waals surface area contributed by atoms with Crippen LogP contribution in [0.25, 0.3) is 0 Å². The number of hydrogen-bond donors (Lipinski definition) is 1. The lowest BCUT2D eigenvalue weighted by Gasteiger charge is -2.26. The first-order valence-electron chi connectivity index (χ1n) is 7.09. The van der Waals surface area contributed by atoms with Gasteiger partial charge in [0.2, 0.25) is 0 Å². The average Bonchev–Trinajstić information content (AvgIpc) is 2.98. The zero-order valence-corrected chi connectivity index (χ0v) is 12.8. The van der Waals surface area contributed by atoms with Gasteiger partial charge in [0.1, 0.15) is 0 Å². The zero-order chi connectivity index (χ0) is 15.2. The van der Waals surface area contributed by atoms with Gasteiger partial charge in [-0.3, -0.25) is 4.79 Å². The number of nitrogens with one attached hydrogen (secondary N) is 1. The second-order valence-corrected chi connectivity index (χ2v) is 5.55. The summed E-state index contributed by atoms with van der Waals surface area (Å²) in [7, 11) is 1.58. The van der Waals surface area contributed by atoms with Crippen molar-refractivity contribution in [1.82, 2.24) is 10.2 Å². The molecule has 1 aliphatic rings. The van der Waals surface area contributed by atoms with Gasteiger partial charge in [-0.15, -0.1) is 0 Å². The molecule has 1 aromatic carbocycles. The maximum atomic E-state index is 14.0. The third-order valence-corrected chi connectivity index (χ3v) is 3.93. The molecule has 0 spiro atoms. The quantitative estimate of drug-likeness (QED) is 0.876. The van der Waals surface area contributed by atoms with E-state index in [-0.39, 0.29) is 22.5 Å². The summed E-state index contributed by atoms with van der Waals surface area (Å²) in [6.45, 7) is 2.36. The Morgan fingerprint density at radius 2 is 2.38 bits per heavy atom. The van der Waals surface area contributed by atoms with Crippen LogP contribution in [0.1, 0.15) is 23.2 Å². The minimum Gasteiger partial charge on any atom is -0.383 e. The molecule has 0 radical (unpaired) electrons. The summed E-state index contributed by atoms with van der Waals surface area (Å²) >= 11 is 5.75. The highest BCUT2D eigenvalue weighted by Gasteiger charge is 2.24. The number of benzene rings is 1. The molecule has 1 aliphatic heterocycles. The van der Waals surface area contributed by atoms with Gasteiger partial charge in [-0.05, 0) is 31.5 Å². The SMILES string of the molecule is COCCN(CC1CCCN1)C(=O)c1cccc(Cl)c1F. The van der Waals surface area contributed by atoms with E-state index < -0.39 is 5.82 Å². The normalized spacial score (nSPS) is 18.0. The van der Waals surface area contributed by atoms with Crippen LogP contribution in [0.15, 0.2) is 18.2 Å². The molecule has 2 rings (SSSR count). The number of carbonyl (C=O) groups excluding carboxylic acids is 1. The monoisotopic (exact) mass is 314 g/mol. The van der Waals surface area contributed by atoms with Crippen LogP contribution in [0.2, 0.25) is 5.02 Å². The lowest BCUT2D eigenvalue weighted by molar-refractivity contribution is 0.0674. The van der Waals surface area contributed by atoms with Crippen molar-refractivity contribution in [2.75, 3.05) is 33.4 Å². The molecule has 0 aromatic heterocycles. The Balaban J connectivity index is 2.13. The lowest BCUT2D eigenvalue weighted by atomic mass is 10.1. The standard InChI is InChI=1S/C15H20ClFN2O2/c1-21-9-8-19(10-11-4-3-7-18-11)15(20)12-5-2-6-13(16)14(12)17/h2,5-6,11,18H,3-4,7-10H2,1H3. The highest BCUT2D eigenvalue weighted by molar-refractivity contribution is 6.31. The molecule has 0 aliphatic carbocycles. The molecule has 1 saturated heterocycles. The molecule has 1 aromatic rings. The third-order valence-electron chi connectivity index (χ3n) is 3.64. The largest absolute Gasteiger partial charge is 0.383 e. The Morgan fingerprint density at radius 1 is 1.57 bits per heavy atom. The molecule has 0 bridgehead atoms. The first-order chi connectivity index (χ1) is 10.1. The number of halogens is 2. The molecule has 0 saturated carbocycles. The average molecular weight is 315 g/mol. The molecule has 21 heavy (non-hydrogen) atoms. The summed E-state index contributed by atoms with van der Waals surface area (Å²) in [4.78, 5) is 14.2. The van der Waals surface area contributed by atoms with Crippen molar-refractivity contribution in [2.45, 2.75) is 18.9 Å². The Labute approximate surface area is 129 Å². The van der Waals surface area contributed by atoms with Crippen molar-refractivity contribution in [2.24, 2.45) is 0 Å². The fourth-order valence-electron chi connectivity index (χ4n) is 2.50. The summed E-state index contributed by atoms with van der Waals surface area (Å²) in [6, 6.07) is 4.74. The van der Waals surface area contributed by atoms with Gasteiger partial charge in [0, 0.05) is 26.2 Å². The van der Waals surface area contributed by atoms with Gasteiger partial charge in [-0.2, -0.15) is 0 Å². The van der Waals surface area contributed by atoms with Crippen molar-refractivity contribution in [3.8, 4) is 0 Å². The van der Waals surface area contributed by atoms with Crippen LogP contribution < -0.4 is 5.32 Å². The smallest absolute Gasteiger partial charge is 0.257 e. The second-order valence-electron chi connectivity index (χ2n) is 5.14. The first kappa shape index (κ1) is 16.2. The molecule has 1 heterocycles. The van der Waals surface area contributed by atoms with E-state index in [0.29, 0.717) is 19.7 Å². The Hall–Kier alpha value is -1.17. The topological polar surface area (TPSA) is 41.6 Å². The van der Waals surface area contributed by atoms with E-state index in [2.05, 4.69) is 5.32 Å². The predicted molar refractivity (Wildman–Crippen MR) is 80.2 cm³/mol. The maximum Gasteiger partial charge on any atom is 0.257 e. The van der Waals surface area contributed by atoms with Gasteiger partial charge in [-0.1, -0.05) is 17.7 Å². The van der Waals surface area contributed by atoms with Gasteiger partial charge in [0.05, 0.1) is 17.2 Å². The molecule has 116 valence electrons. The number of rotatable bonds is 6. The van der Waals surface area contributed by atoms with E-state index >= 15 is 0 Å². The summed E-state index contributed by atoms with van der Waals surface area (Å²) in [5.74, 6) is -1.01. The number of hydrogen-bond acceptors (Lipinski definition) is 3. The van der Waals surface area contributed by atoms with Crippen molar-refractivity contribution >= 4 is 17.5 Å². The number of amides is 1. The van der Waals surface area contributed by atoms with E-state index in [1.54, 1.807) is 18.1 Å². The molecular formula is C15H20ClFN2O2. The molecule has 1 atom stereocenters. The van der Waals surface area contributed by atoms with E-state index in [0.717, 1.165) is 19.4 Å². The van der Waals surface area contributed by atoms with Gasteiger partial charge < -0.3 is 15.0 Å². The summed E-state index contributed by atoms with van der Waals surface area (Å²) in [5, 5.41) is 3.31. The number of nitrogens with zero attached hydrogens (tertiary/aromatic N) is 1. The highest BCUT2D eigenvalue weighted by Crippen LogP contribution is 2.20. The number of ether oxygens (including phenoxy) is 1. The van der Waals surface area contributed by atoms with Crippen LogP contribution in [0.3, 0.4) is 0 Å². The van der Waals surface area contributed by atoms with E-state index in [4.69, 9.17) is 16.3 Å².